The van der Waals surface area contributed by atoms with Gasteiger partial charge in [-0.25, -0.2) is 0 Å². The first-order valence-electron chi connectivity index (χ1n) is 2.86. The Morgan fingerprint density at radius 2 is 2.00 bits per heavy atom. The van der Waals surface area contributed by atoms with Gasteiger partial charge in [-0.05, 0) is 0 Å². The normalized spacial score (nSPS) is 36.7. The summed E-state index contributed by atoms with van der Waals surface area (Å²) in [7, 11) is 0. The van der Waals surface area contributed by atoms with Crippen molar-refractivity contribution in [1.82, 2.24) is 0 Å². The lowest BCUT2D eigenvalue weighted by molar-refractivity contribution is -0.148. The van der Waals surface area contributed by atoms with Crippen LogP contribution in [0, 0.1) is 5.92 Å². The lowest BCUT2D eigenvalue weighted by Crippen LogP contribution is -2.27. The van der Waals surface area contributed by atoms with Gasteiger partial charge in [0.1, 0.15) is 0 Å². The largest absolute Gasteiger partial charge is 0.342 e. The summed E-state index contributed by atoms with van der Waals surface area (Å²) in [6, 6.07) is 0. The first kappa shape index (κ1) is 7.34. The molecule has 0 aromatic carbocycles. The monoisotopic (exact) mass is 150 g/mol. The van der Waals surface area contributed by atoms with Gasteiger partial charge in [-0.1, -0.05) is 6.92 Å². The van der Waals surface area contributed by atoms with Gasteiger partial charge in [-0.15, -0.1) is 0 Å². The molecule has 0 saturated carbocycles. The molecule has 9 heavy (non-hydrogen) atoms. The predicted octanol–water partition coefficient (Wildman–Crippen LogP) is 1.16. The molecule has 1 saturated heterocycles. The second-order valence-corrected chi connectivity index (χ2v) is 2.76. The third-order valence-corrected chi connectivity index (χ3v) is 1.56. The first-order chi connectivity index (χ1) is 4.33. The highest BCUT2D eigenvalue weighted by Gasteiger charge is 2.18. The molecule has 0 aliphatic carbocycles. The Hall–Kier alpha value is 0.230. The van der Waals surface area contributed by atoms with Gasteiger partial charge in [0.15, 0.2) is 0 Å². The number of rotatable bonds is 1. The quantitative estimate of drug-likeness (QED) is 0.569. The summed E-state index contributed by atoms with van der Waals surface area (Å²) in [5.41, 5.74) is -0.457. The van der Waals surface area contributed by atoms with E-state index in [4.69, 9.17) is 14.0 Å². The summed E-state index contributed by atoms with van der Waals surface area (Å²) in [4.78, 5) is 0. The molecule has 3 nitrogen and oxygen atoms in total. The van der Waals surface area contributed by atoms with E-state index in [0.717, 1.165) is 0 Å². The SMILES string of the molecule is CC1COC(SO)OC1. The van der Waals surface area contributed by atoms with E-state index in [9.17, 15) is 0 Å². The molecular weight excluding hydrogens is 140 g/mol. The predicted molar refractivity (Wildman–Crippen MR) is 35.1 cm³/mol. The Labute approximate surface area is 58.5 Å². The molecule has 54 valence electrons. The molecule has 1 rings (SSSR count). The number of hydrogen-bond donors (Lipinski definition) is 1. The van der Waals surface area contributed by atoms with Crippen LogP contribution in [0.15, 0.2) is 0 Å². The van der Waals surface area contributed by atoms with E-state index in [1.54, 1.807) is 0 Å². The summed E-state index contributed by atoms with van der Waals surface area (Å²) in [6.45, 7) is 3.40. The van der Waals surface area contributed by atoms with Crippen molar-refractivity contribution in [2.24, 2.45) is 5.92 Å². The summed E-state index contributed by atoms with van der Waals surface area (Å²) < 4.78 is 18.5. The Balaban J connectivity index is 2.18. The smallest absolute Gasteiger partial charge is 0.232 e. The molecule has 1 aliphatic heterocycles. The Morgan fingerprint density at radius 1 is 1.44 bits per heavy atom. The summed E-state index contributed by atoms with van der Waals surface area (Å²) >= 11 is 0.603. The molecule has 4 heteroatoms. The second-order valence-electron chi connectivity index (χ2n) is 2.17. The fourth-order valence-corrected chi connectivity index (χ4v) is 0.922. The highest BCUT2D eigenvalue weighted by molar-refractivity contribution is 7.94. The van der Waals surface area contributed by atoms with Gasteiger partial charge in [0, 0.05) is 5.92 Å². The molecule has 1 N–H and O–H groups in total. The van der Waals surface area contributed by atoms with Gasteiger partial charge in [-0.2, -0.15) is 0 Å². The van der Waals surface area contributed by atoms with Gasteiger partial charge >= 0.3 is 0 Å². The first-order valence-corrected chi connectivity index (χ1v) is 3.70. The van der Waals surface area contributed by atoms with E-state index >= 15 is 0 Å². The molecule has 0 radical (unpaired) electrons. The van der Waals surface area contributed by atoms with Crippen LogP contribution in [0.3, 0.4) is 0 Å². The Bertz CT molecular complexity index is 80.3. The minimum Gasteiger partial charge on any atom is -0.342 e. The van der Waals surface area contributed by atoms with Crippen molar-refractivity contribution in [3.05, 3.63) is 0 Å². The summed E-state index contributed by atoms with van der Waals surface area (Å²) in [5.74, 6) is 0.452. The van der Waals surface area contributed by atoms with Gasteiger partial charge in [0.05, 0.1) is 25.3 Å². The minimum atomic E-state index is -0.457. The minimum absolute atomic E-state index is 0.452. The van der Waals surface area contributed by atoms with E-state index in [2.05, 4.69) is 0 Å². The lowest BCUT2D eigenvalue weighted by atomic mass is 10.2. The Kier molecular flexibility index (Phi) is 2.78. The van der Waals surface area contributed by atoms with E-state index < -0.39 is 5.62 Å². The van der Waals surface area contributed by atoms with Crippen LogP contribution in [-0.2, 0) is 9.47 Å². The number of ether oxygens (including phenoxy) is 2. The molecule has 0 bridgehead atoms. The van der Waals surface area contributed by atoms with Crippen LogP contribution in [0.4, 0.5) is 0 Å². The summed E-state index contributed by atoms with van der Waals surface area (Å²) in [5, 5.41) is 0. The molecule has 1 heterocycles. The second kappa shape index (κ2) is 3.41. The zero-order valence-corrected chi connectivity index (χ0v) is 6.06. The van der Waals surface area contributed by atoms with Crippen LogP contribution in [0.2, 0.25) is 0 Å². The van der Waals surface area contributed by atoms with Crippen molar-refractivity contribution < 1.29 is 14.0 Å². The summed E-state index contributed by atoms with van der Waals surface area (Å²) in [6.07, 6.45) is 0. The maximum atomic E-state index is 8.44. The average Bonchev–Trinajstić information content (AvgIpc) is 1.90. The molecule has 1 fully saturated rings. The fourth-order valence-electron chi connectivity index (χ4n) is 0.643. The van der Waals surface area contributed by atoms with Crippen molar-refractivity contribution in [3.63, 3.8) is 0 Å². The van der Waals surface area contributed by atoms with E-state index in [0.29, 0.717) is 31.2 Å². The third kappa shape index (κ3) is 2.14. The van der Waals surface area contributed by atoms with Gasteiger partial charge in [0.25, 0.3) is 0 Å². The Morgan fingerprint density at radius 3 is 2.44 bits per heavy atom. The van der Waals surface area contributed by atoms with E-state index in [1.165, 1.54) is 0 Å². The highest BCUT2D eigenvalue weighted by atomic mass is 32.2. The van der Waals surface area contributed by atoms with Gasteiger partial charge in [-0.3, -0.25) is 0 Å². The van der Waals surface area contributed by atoms with Crippen molar-refractivity contribution in [2.45, 2.75) is 12.5 Å². The van der Waals surface area contributed by atoms with Crippen molar-refractivity contribution in [1.29, 1.82) is 0 Å². The maximum Gasteiger partial charge on any atom is 0.232 e. The fraction of sp³-hybridized carbons (Fsp3) is 1.00. The molecule has 0 atom stereocenters. The topological polar surface area (TPSA) is 38.7 Å². The zero-order valence-electron chi connectivity index (χ0n) is 5.24. The molecule has 1 aliphatic rings. The molecule has 0 aromatic rings. The van der Waals surface area contributed by atoms with Crippen LogP contribution >= 0.6 is 12.0 Å². The standard InChI is InChI=1S/C5H10O3S/c1-4-2-7-5(9-6)8-3-4/h4-6H,2-3H2,1H3. The maximum absolute atomic E-state index is 8.44. The van der Waals surface area contributed by atoms with Gasteiger partial charge < -0.3 is 14.0 Å². The number of hydrogen-bond acceptors (Lipinski definition) is 4. The zero-order chi connectivity index (χ0) is 6.69. The van der Waals surface area contributed by atoms with E-state index in [-0.39, 0.29) is 0 Å². The molecule has 0 unspecified atom stereocenters. The van der Waals surface area contributed by atoms with Crippen LogP contribution in [-0.4, -0.2) is 23.4 Å². The molecular formula is C5H10O3S. The third-order valence-electron chi connectivity index (χ3n) is 1.12. The van der Waals surface area contributed by atoms with Crippen LogP contribution < -0.4 is 0 Å². The molecule has 0 spiro atoms. The highest BCUT2D eigenvalue weighted by Crippen LogP contribution is 2.17. The average molecular weight is 150 g/mol. The molecule has 0 amide bonds. The van der Waals surface area contributed by atoms with Crippen molar-refractivity contribution in [2.75, 3.05) is 13.2 Å². The molecule has 0 aromatic heterocycles. The van der Waals surface area contributed by atoms with Crippen LogP contribution in [0.1, 0.15) is 6.92 Å². The lowest BCUT2D eigenvalue weighted by Gasteiger charge is -2.24. The van der Waals surface area contributed by atoms with Crippen molar-refractivity contribution in [3.8, 4) is 0 Å². The van der Waals surface area contributed by atoms with Crippen LogP contribution in [0.25, 0.3) is 0 Å². The van der Waals surface area contributed by atoms with Crippen molar-refractivity contribution >= 4 is 12.0 Å². The van der Waals surface area contributed by atoms with Crippen LogP contribution in [0.5, 0.6) is 0 Å². The van der Waals surface area contributed by atoms with Gasteiger partial charge in [0.2, 0.25) is 5.62 Å². The van der Waals surface area contributed by atoms with E-state index in [1.807, 2.05) is 6.92 Å².